The van der Waals surface area contributed by atoms with Gasteiger partial charge in [0.25, 0.3) is 0 Å². The zero-order valence-corrected chi connectivity index (χ0v) is 13.3. The second-order valence-electron chi connectivity index (χ2n) is 5.13. The van der Waals surface area contributed by atoms with Crippen LogP contribution in [0, 0.1) is 0 Å². The normalized spacial score (nSPS) is 10.3. The first-order valence-electron chi connectivity index (χ1n) is 7.41. The second-order valence-corrected chi connectivity index (χ2v) is 5.57. The highest BCUT2D eigenvalue weighted by Crippen LogP contribution is 2.17. The van der Waals surface area contributed by atoms with E-state index in [4.69, 9.17) is 16.3 Å². The summed E-state index contributed by atoms with van der Waals surface area (Å²) < 4.78 is 5.84. The summed E-state index contributed by atoms with van der Waals surface area (Å²) in [7, 11) is 0. The Labute approximate surface area is 140 Å². The van der Waals surface area contributed by atoms with Gasteiger partial charge in [-0.2, -0.15) is 0 Å². The predicted molar refractivity (Wildman–Crippen MR) is 93.8 cm³/mol. The van der Waals surface area contributed by atoms with Crippen LogP contribution in [0.2, 0.25) is 5.02 Å². The van der Waals surface area contributed by atoms with Crippen molar-refractivity contribution < 1.29 is 4.74 Å². The molecule has 23 heavy (non-hydrogen) atoms. The molecule has 0 saturated heterocycles. The first-order valence-corrected chi connectivity index (χ1v) is 7.78. The molecule has 116 valence electrons. The number of ether oxygens (including phenoxy) is 1. The van der Waals surface area contributed by atoms with Gasteiger partial charge in [-0.05, 0) is 47.5 Å². The summed E-state index contributed by atoms with van der Waals surface area (Å²) in [6.07, 6.45) is 1.77. The lowest BCUT2D eigenvalue weighted by Crippen LogP contribution is -2.01. The van der Waals surface area contributed by atoms with Crippen LogP contribution in [-0.2, 0) is 13.2 Å². The van der Waals surface area contributed by atoms with Gasteiger partial charge >= 0.3 is 0 Å². The fourth-order valence-corrected chi connectivity index (χ4v) is 2.28. The molecule has 1 aromatic heterocycles. The maximum Gasteiger partial charge on any atom is 0.126 e. The van der Waals surface area contributed by atoms with Crippen molar-refractivity contribution in [3.63, 3.8) is 0 Å². The van der Waals surface area contributed by atoms with Crippen molar-refractivity contribution in [2.45, 2.75) is 13.2 Å². The molecule has 1 N–H and O–H groups in total. The van der Waals surface area contributed by atoms with Crippen molar-refractivity contribution >= 4 is 17.4 Å². The Morgan fingerprint density at radius 2 is 1.78 bits per heavy atom. The third kappa shape index (κ3) is 4.73. The molecule has 0 aliphatic carbocycles. The Morgan fingerprint density at radius 3 is 2.57 bits per heavy atom. The third-order valence-corrected chi connectivity index (χ3v) is 3.61. The van der Waals surface area contributed by atoms with Gasteiger partial charge < -0.3 is 10.1 Å². The number of pyridine rings is 1. The van der Waals surface area contributed by atoms with E-state index >= 15 is 0 Å². The number of hydrogen-bond acceptors (Lipinski definition) is 3. The summed E-state index contributed by atoms with van der Waals surface area (Å²) in [5.41, 5.74) is 2.23. The van der Waals surface area contributed by atoms with E-state index in [1.807, 2.05) is 60.7 Å². The van der Waals surface area contributed by atoms with E-state index in [0.29, 0.717) is 13.2 Å². The molecule has 2 aromatic carbocycles. The van der Waals surface area contributed by atoms with Crippen molar-refractivity contribution in [3.05, 3.63) is 89.1 Å². The molecule has 0 aliphatic heterocycles. The van der Waals surface area contributed by atoms with Crippen molar-refractivity contribution in [2.75, 3.05) is 5.32 Å². The maximum absolute atomic E-state index is 5.88. The minimum absolute atomic E-state index is 0.522. The molecular formula is C19H17ClN2O. The summed E-state index contributed by atoms with van der Waals surface area (Å²) >= 11 is 5.88. The molecule has 3 rings (SSSR count). The van der Waals surface area contributed by atoms with Crippen LogP contribution in [0.5, 0.6) is 5.75 Å². The number of benzene rings is 2. The van der Waals surface area contributed by atoms with E-state index in [-0.39, 0.29) is 0 Å². The summed E-state index contributed by atoms with van der Waals surface area (Å²) in [5.74, 6) is 1.71. The van der Waals surface area contributed by atoms with Gasteiger partial charge in [-0.25, -0.2) is 4.98 Å². The largest absolute Gasteiger partial charge is 0.489 e. The Balaban J connectivity index is 1.57. The molecule has 0 bridgehead atoms. The average Bonchev–Trinajstić information content (AvgIpc) is 2.61. The molecule has 0 saturated carbocycles. The van der Waals surface area contributed by atoms with Crippen LogP contribution >= 0.6 is 11.6 Å². The highest BCUT2D eigenvalue weighted by molar-refractivity contribution is 6.30. The van der Waals surface area contributed by atoms with Gasteiger partial charge in [0, 0.05) is 17.8 Å². The van der Waals surface area contributed by atoms with Crippen molar-refractivity contribution in [1.29, 1.82) is 0 Å². The Kier molecular flexibility index (Phi) is 5.12. The van der Waals surface area contributed by atoms with Crippen LogP contribution in [0.15, 0.2) is 72.9 Å². The van der Waals surface area contributed by atoms with Gasteiger partial charge in [0.2, 0.25) is 0 Å². The van der Waals surface area contributed by atoms with Crippen LogP contribution in [0.25, 0.3) is 0 Å². The van der Waals surface area contributed by atoms with Gasteiger partial charge in [0.15, 0.2) is 0 Å². The van der Waals surface area contributed by atoms with Gasteiger partial charge in [-0.1, -0.05) is 41.9 Å². The fourth-order valence-electron chi connectivity index (χ4n) is 2.15. The molecule has 3 aromatic rings. The standard InChI is InChI=1S/C19H17ClN2O/c20-17-9-7-15(8-10-17)14-23-18-5-3-4-16(12-18)13-22-19-6-1-2-11-21-19/h1-12H,13-14H2,(H,21,22). The number of aromatic nitrogens is 1. The number of rotatable bonds is 6. The molecule has 0 unspecified atom stereocenters. The van der Waals surface area contributed by atoms with Gasteiger partial charge in [-0.3, -0.25) is 0 Å². The number of halogens is 1. The first kappa shape index (κ1) is 15.4. The first-order chi connectivity index (χ1) is 11.3. The lowest BCUT2D eigenvalue weighted by Gasteiger charge is -2.09. The summed E-state index contributed by atoms with van der Waals surface area (Å²) in [5, 5.41) is 4.02. The lowest BCUT2D eigenvalue weighted by molar-refractivity contribution is 0.306. The molecule has 0 spiro atoms. The van der Waals surface area contributed by atoms with Crippen molar-refractivity contribution in [1.82, 2.24) is 4.98 Å². The molecule has 0 atom stereocenters. The zero-order valence-electron chi connectivity index (χ0n) is 12.6. The smallest absolute Gasteiger partial charge is 0.126 e. The second kappa shape index (κ2) is 7.65. The number of nitrogens with one attached hydrogen (secondary N) is 1. The lowest BCUT2D eigenvalue weighted by atomic mass is 10.2. The Bertz CT molecular complexity index is 745. The third-order valence-electron chi connectivity index (χ3n) is 3.36. The van der Waals surface area contributed by atoms with E-state index in [0.717, 1.165) is 27.7 Å². The molecular weight excluding hydrogens is 308 g/mol. The van der Waals surface area contributed by atoms with Gasteiger partial charge in [-0.15, -0.1) is 0 Å². The highest BCUT2D eigenvalue weighted by atomic mass is 35.5. The van der Waals surface area contributed by atoms with E-state index < -0.39 is 0 Å². The summed E-state index contributed by atoms with van der Waals surface area (Å²) in [6, 6.07) is 21.5. The predicted octanol–water partition coefficient (Wildman–Crippen LogP) is 4.93. The van der Waals surface area contributed by atoms with E-state index in [2.05, 4.69) is 16.4 Å². The fraction of sp³-hybridized carbons (Fsp3) is 0.105. The number of anilines is 1. The van der Waals surface area contributed by atoms with Crippen molar-refractivity contribution in [3.8, 4) is 5.75 Å². The number of nitrogens with zero attached hydrogens (tertiary/aromatic N) is 1. The molecule has 1 heterocycles. The SMILES string of the molecule is Clc1ccc(COc2cccc(CNc3ccccn3)c2)cc1. The zero-order chi connectivity index (χ0) is 15.9. The van der Waals surface area contributed by atoms with Crippen LogP contribution in [-0.4, -0.2) is 4.98 Å². The maximum atomic E-state index is 5.88. The quantitative estimate of drug-likeness (QED) is 0.698. The topological polar surface area (TPSA) is 34.1 Å². The molecule has 0 amide bonds. The van der Waals surface area contributed by atoms with Crippen molar-refractivity contribution in [2.24, 2.45) is 0 Å². The van der Waals surface area contributed by atoms with Gasteiger partial charge in [0.05, 0.1) is 0 Å². The molecule has 0 radical (unpaired) electrons. The summed E-state index contributed by atoms with van der Waals surface area (Å²) in [4.78, 5) is 4.25. The minimum atomic E-state index is 0.522. The molecule has 0 aliphatic rings. The van der Waals surface area contributed by atoms with E-state index in [1.54, 1.807) is 6.20 Å². The monoisotopic (exact) mass is 324 g/mol. The van der Waals surface area contributed by atoms with Crippen LogP contribution in [0.3, 0.4) is 0 Å². The molecule has 0 fully saturated rings. The van der Waals surface area contributed by atoms with Crippen LogP contribution in [0.1, 0.15) is 11.1 Å². The van der Waals surface area contributed by atoms with Crippen LogP contribution in [0.4, 0.5) is 5.82 Å². The Hall–Kier alpha value is -2.52. The average molecular weight is 325 g/mol. The minimum Gasteiger partial charge on any atom is -0.489 e. The van der Waals surface area contributed by atoms with E-state index in [1.165, 1.54) is 0 Å². The number of hydrogen-bond donors (Lipinski definition) is 1. The summed E-state index contributed by atoms with van der Waals surface area (Å²) in [6.45, 7) is 1.23. The van der Waals surface area contributed by atoms with Gasteiger partial charge in [0.1, 0.15) is 18.2 Å². The molecule has 3 nitrogen and oxygen atoms in total. The van der Waals surface area contributed by atoms with Crippen LogP contribution < -0.4 is 10.1 Å². The molecule has 4 heteroatoms. The Morgan fingerprint density at radius 1 is 0.913 bits per heavy atom. The highest BCUT2D eigenvalue weighted by Gasteiger charge is 2.00. The van der Waals surface area contributed by atoms with E-state index in [9.17, 15) is 0 Å².